The molecule has 9 heteroatoms. The van der Waals surface area contributed by atoms with Crippen LogP contribution in [0.3, 0.4) is 0 Å². The molecule has 0 radical (unpaired) electrons. The van der Waals surface area contributed by atoms with E-state index in [9.17, 15) is 19.2 Å². The largest absolute Gasteiger partial charge is 0.465 e. The molecule has 1 heterocycles. The lowest BCUT2D eigenvalue weighted by Gasteiger charge is -2.38. The van der Waals surface area contributed by atoms with Gasteiger partial charge in [-0.25, -0.2) is 9.80 Å². The number of nitrogens with zero attached hydrogens (tertiary/aromatic N) is 1. The number of hydrogen-bond donors (Lipinski definition) is 2. The van der Waals surface area contributed by atoms with Crippen LogP contribution < -0.4 is 15.8 Å². The summed E-state index contributed by atoms with van der Waals surface area (Å²) in [6.45, 7) is 0. The number of carbonyl (C=O) groups is 4. The molecular weight excluding hydrogens is 434 g/mol. The zero-order valence-electron chi connectivity index (χ0n) is 17.1. The Morgan fingerprint density at radius 3 is 2.59 bits per heavy atom. The Morgan fingerprint density at radius 1 is 1.09 bits per heavy atom. The summed E-state index contributed by atoms with van der Waals surface area (Å²) < 4.78 is 4.69. The first-order chi connectivity index (χ1) is 15.4. The summed E-state index contributed by atoms with van der Waals surface area (Å²) >= 11 is 6.01. The van der Waals surface area contributed by atoms with Crippen LogP contribution in [-0.2, 0) is 14.3 Å². The molecule has 32 heavy (non-hydrogen) atoms. The van der Waals surface area contributed by atoms with Crippen LogP contribution in [-0.4, -0.2) is 30.8 Å². The Balaban J connectivity index is 1.55. The number of esters is 1. The molecular formula is C23H20ClN3O5. The molecule has 164 valence electrons. The third-order valence-corrected chi connectivity index (χ3v) is 5.85. The van der Waals surface area contributed by atoms with Crippen LogP contribution in [0.5, 0.6) is 0 Å². The average Bonchev–Trinajstić information content (AvgIpc) is 2.82. The minimum Gasteiger partial charge on any atom is -0.465 e. The predicted octanol–water partition coefficient (Wildman–Crippen LogP) is 3.34. The molecule has 1 saturated heterocycles. The summed E-state index contributed by atoms with van der Waals surface area (Å²) in [5.74, 6) is -2.30. The van der Waals surface area contributed by atoms with Crippen LogP contribution in [0.15, 0.2) is 54.6 Å². The van der Waals surface area contributed by atoms with Crippen molar-refractivity contribution in [3.05, 3.63) is 70.8 Å². The normalized spacial score (nSPS) is 19.8. The number of ether oxygens (including phenoxy) is 1. The fraction of sp³-hybridized carbons (Fsp3) is 0.217. The monoisotopic (exact) mass is 453 g/mol. The van der Waals surface area contributed by atoms with E-state index in [0.717, 1.165) is 0 Å². The maximum atomic E-state index is 13.0. The highest BCUT2D eigenvalue weighted by molar-refractivity contribution is 6.33. The van der Waals surface area contributed by atoms with Gasteiger partial charge in [-0.15, -0.1) is 0 Å². The molecule has 2 N–H and O–H groups in total. The van der Waals surface area contributed by atoms with Gasteiger partial charge in [0.05, 0.1) is 35.2 Å². The van der Waals surface area contributed by atoms with E-state index in [0.29, 0.717) is 24.2 Å². The lowest BCUT2D eigenvalue weighted by atomic mass is 9.80. The van der Waals surface area contributed by atoms with Gasteiger partial charge in [-0.05, 0) is 49.2 Å². The second kappa shape index (κ2) is 8.84. The summed E-state index contributed by atoms with van der Waals surface area (Å²) in [6, 6.07) is 10.8. The lowest BCUT2D eigenvalue weighted by molar-refractivity contribution is -0.139. The maximum absolute atomic E-state index is 13.0. The zero-order valence-corrected chi connectivity index (χ0v) is 17.9. The fourth-order valence-electron chi connectivity index (χ4n) is 3.84. The second-order valence-electron chi connectivity index (χ2n) is 7.50. The van der Waals surface area contributed by atoms with Crippen LogP contribution in [0.4, 0.5) is 11.4 Å². The molecule has 2 unspecified atom stereocenters. The van der Waals surface area contributed by atoms with Gasteiger partial charge in [0.1, 0.15) is 0 Å². The molecule has 2 atom stereocenters. The van der Waals surface area contributed by atoms with Gasteiger partial charge in [-0.2, -0.15) is 0 Å². The van der Waals surface area contributed by atoms with Crippen molar-refractivity contribution in [1.29, 1.82) is 0 Å². The fourth-order valence-corrected chi connectivity index (χ4v) is 4.04. The molecule has 0 spiro atoms. The van der Waals surface area contributed by atoms with Crippen LogP contribution in [0.2, 0.25) is 5.02 Å². The van der Waals surface area contributed by atoms with E-state index in [-0.39, 0.29) is 33.9 Å². The Bertz CT molecular complexity index is 1150. The topological polar surface area (TPSA) is 105 Å². The highest BCUT2D eigenvalue weighted by Crippen LogP contribution is 2.32. The molecule has 1 fully saturated rings. The number of hydrogen-bond acceptors (Lipinski definition) is 5. The van der Waals surface area contributed by atoms with Gasteiger partial charge in [-0.3, -0.25) is 19.8 Å². The van der Waals surface area contributed by atoms with Crippen molar-refractivity contribution in [3.8, 4) is 0 Å². The minimum atomic E-state index is -0.622. The highest BCUT2D eigenvalue weighted by atomic mass is 35.5. The van der Waals surface area contributed by atoms with Crippen LogP contribution in [0, 0.1) is 11.8 Å². The van der Waals surface area contributed by atoms with Crippen molar-refractivity contribution in [2.24, 2.45) is 11.8 Å². The van der Waals surface area contributed by atoms with E-state index in [1.54, 1.807) is 24.3 Å². The third-order valence-electron chi connectivity index (χ3n) is 5.52. The third kappa shape index (κ3) is 4.09. The van der Waals surface area contributed by atoms with Gasteiger partial charge in [-0.1, -0.05) is 29.8 Å². The first-order valence-electron chi connectivity index (χ1n) is 9.98. The lowest BCUT2D eigenvalue weighted by Crippen LogP contribution is -2.59. The number of fused-ring (bicyclic) bond motifs is 1. The number of rotatable bonds is 4. The Labute approximate surface area is 189 Å². The van der Waals surface area contributed by atoms with E-state index >= 15 is 0 Å². The molecule has 4 rings (SSSR count). The smallest absolute Gasteiger partial charge is 0.339 e. The molecule has 2 aromatic rings. The van der Waals surface area contributed by atoms with E-state index in [1.807, 2.05) is 12.2 Å². The molecule has 0 aromatic heterocycles. The van der Waals surface area contributed by atoms with E-state index in [2.05, 4.69) is 15.5 Å². The summed E-state index contributed by atoms with van der Waals surface area (Å²) in [6.07, 6.45) is 4.87. The van der Waals surface area contributed by atoms with Crippen molar-refractivity contribution in [3.63, 3.8) is 0 Å². The zero-order chi connectivity index (χ0) is 22.8. The van der Waals surface area contributed by atoms with Crippen LogP contribution >= 0.6 is 11.6 Å². The van der Waals surface area contributed by atoms with Crippen molar-refractivity contribution in [1.82, 2.24) is 5.43 Å². The number of carbonyl (C=O) groups excluding carboxylic acids is 4. The van der Waals surface area contributed by atoms with Gasteiger partial charge < -0.3 is 10.1 Å². The summed E-state index contributed by atoms with van der Waals surface area (Å²) in [5, 5.41) is 4.10. The number of halogens is 1. The van der Waals surface area contributed by atoms with Crippen LogP contribution in [0.25, 0.3) is 0 Å². The van der Waals surface area contributed by atoms with Crippen molar-refractivity contribution < 1.29 is 23.9 Å². The molecule has 3 amide bonds. The highest BCUT2D eigenvalue weighted by Gasteiger charge is 2.42. The summed E-state index contributed by atoms with van der Waals surface area (Å²) in [5.41, 5.74) is 3.77. The quantitative estimate of drug-likeness (QED) is 0.545. The Kier molecular flexibility index (Phi) is 5.96. The number of anilines is 2. The SMILES string of the molecule is COC(=O)c1cc(NC(=O)c2cccc(N3NC(=O)C4CC=CCC4C3=O)c2)ccc1Cl. The van der Waals surface area contributed by atoms with Gasteiger partial charge in [0.25, 0.3) is 5.91 Å². The number of nitrogens with one attached hydrogen (secondary N) is 2. The van der Waals surface area contributed by atoms with Crippen molar-refractivity contribution >= 4 is 46.7 Å². The number of allylic oxidation sites excluding steroid dienone is 2. The minimum absolute atomic E-state index is 0.124. The first-order valence-corrected chi connectivity index (χ1v) is 10.4. The molecule has 1 aliphatic carbocycles. The standard InChI is InChI=1S/C23H20ClN3O5/c1-32-23(31)18-12-14(9-10-19(18)24)25-20(28)13-5-4-6-15(11-13)27-22(30)17-8-3-2-7-16(17)21(29)26-27/h2-6,9-12,16-17H,7-8H2,1H3,(H,25,28)(H,26,29). The number of amides is 3. The van der Waals surface area contributed by atoms with Crippen molar-refractivity contribution in [2.75, 3.05) is 17.4 Å². The molecule has 0 saturated carbocycles. The Hall–Kier alpha value is -3.65. The predicted molar refractivity (Wildman–Crippen MR) is 118 cm³/mol. The van der Waals surface area contributed by atoms with Gasteiger partial charge in [0, 0.05) is 11.3 Å². The van der Waals surface area contributed by atoms with Gasteiger partial charge in [0.2, 0.25) is 11.8 Å². The van der Waals surface area contributed by atoms with E-state index in [4.69, 9.17) is 11.6 Å². The number of benzene rings is 2. The summed E-state index contributed by atoms with van der Waals surface area (Å²) in [4.78, 5) is 50.1. The molecule has 0 bridgehead atoms. The molecule has 2 aliphatic rings. The average molecular weight is 454 g/mol. The second-order valence-corrected chi connectivity index (χ2v) is 7.90. The van der Waals surface area contributed by atoms with Crippen LogP contribution in [0.1, 0.15) is 33.6 Å². The number of hydrazine groups is 1. The molecule has 2 aromatic carbocycles. The van der Waals surface area contributed by atoms with E-state index < -0.39 is 17.8 Å². The maximum Gasteiger partial charge on any atom is 0.339 e. The Morgan fingerprint density at radius 2 is 1.84 bits per heavy atom. The summed E-state index contributed by atoms with van der Waals surface area (Å²) in [7, 11) is 1.24. The number of methoxy groups -OCH3 is 1. The first kappa shape index (κ1) is 21.6. The molecule has 8 nitrogen and oxygen atoms in total. The van der Waals surface area contributed by atoms with E-state index in [1.165, 1.54) is 30.3 Å². The van der Waals surface area contributed by atoms with Gasteiger partial charge in [0.15, 0.2) is 0 Å². The van der Waals surface area contributed by atoms with Gasteiger partial charge >= 0.3 is 5.97 Å². The molecule has 1 aliphatic heterocycles. The van der Waals surface area contributed by atoms with Crippen molar-refractivity contribution in [2.45, 2.75) is 12.8 Å².